The van der Waals surface area contributed by atoms with Gasteiger partial charge in [-0.05, 0) is 37.3 Å². The minimum Gasteiger partial charge on any atom is -0.399 e. The third kappa shape index (κ3) is 3.82. The van der Waals surface area contributed by atoms with Crippen LogP contribution in [0.4, 0.5) is 5.69 Å². The first-order valence-electron chi connectivity index (χ1n) is 6.46. The Hall–Kier alpha value is -2.83. The molecular formula is C14H17N5O2. The number of benzene rings is 1. The monoisotopic (exact) mass is 287 g/mol. The van der Waals surface area contributed by atoms with Gasteiger partial charge in [-0.1, -0.05) is 0 Å². The van der Waals surface area contributed by atoms with Gasteiger partial charge >= 0.3 is 0 Å². The van der Waals surface area contributed by atoms with Crippen molar-refractivity contribution < 1.29 is 9.59 Å². The first-order chi connectivity index (χ1) is 9.95. The van der Waals surface area contributed by atoms with Crippen molar-refractivity contribution in [3.8, 4) is 5.69 Å². The molecule has 0 radical (unpaired) electrons. The summed E-state index contributed by atoms with van der Waals surface area (Å²) in [4.78, 5) is 22.8. The third-order valence-corrected chi connectivity index (χ3v) is 2.86. The number of nitrogens with one attached hydrogen (secondary N) is 1. The van der Waals surface area contributed by atoms with Crippen LogP contribution in [0, 0.1) is 0 Å². The lowest BCUT2D eigenvalue weighted by Crippen LogP contribution is -2.35. The second kappa shape index (κ2) is 6.08. The lowest BCUT2D eigenvalue weighted by Gasteiger charge is -2.10. The number of nitrogen functional groups attached to an aromatic ring is 1. The van der Waals surface area contributed by atoms with Crippen molar-refractivity contribution >= 4 is 17.5 Å². The van der Waals surface area contributed by atoms with Crippen LogP contribution in [-0.2, 0) is 4.79 Å². The maximum atomic E-state index is 12.0. The molecule has 1 atom stereocenters. The lowest BCUT2D eigenvalue weighted by molar-refractivity contribution is -0.118. The van der Waals surface area contributed by atoms with Crippen LogP contribution in [0.5, 0.6) is 0 Å². The molecule has 0 saturated carbocycles. The molecule has 7 nitrogen and oxygen atoms in total. The Kier molecular flexibility index (Phi) is 4.22. The maximum absolute atomic E-state index is 12.0. The van der Waals surface area contributed by atoms with E-state index in [2.05, 4.69) is 10.4 Å². The standard InChI is InChI=1S/C14H17N5O2/c1-9(8-13(16)20)17-14(21)12-6-7-19(18-12)11-4-2-10(15)3-5-11/h2-7,9H,8,15H2,1H3,(H2,16,20)(H,17,21). The minimum absolute atomic E-state index is 0.0877. The molecule has 2 rings (SSSR count). The Morgan fingerprint density at radius 3 is 2.57 bits per heavy atom. The average molecular weight is 287 g/mol. The van der Waals surface area contributed by atoms with Crippen LogP contribution in [0.25, 0.3) is 5.69 Å². The second-order valence-corrected chi connectivity index (χ2v) is 4.78. The predicted molar refractivity (Wildman–Crippen MR) is 78.7 cm³/mol. The number of hydrogen-bond donors (Lipinski definition) is 3. The van der Waals surface area contributed by atoms with Gasteiger partial charge in [0.1, 0.15) is 0 Å². The largest absolute Gasteiger partial charge is 0.399 e. The van der Waals surface area contributed by atoms with Crippen LogP contribution in [0.15, 0.2) is 36.5 Å². The van der Waals surface area contributed by atoms with E-state index < -0.39 is 5.91 Å². The molecule has 1 unspecified atom stereocenters. The molecule has 7 heteroatoms. The second-order valence-electron chi connectivity index (χ2n) is 4.78. The van der Waals surface area contributed by atoms with Crippen LogP contribution in [0.2, 0.25) is 0 Å². The normalized spacial score (nSPS) is 11.9. The van der Waals surface area contributed by atoms with Gasteiger partial charge in [-0.25, -0.2) is 4.68 Å². The molecule has 110 valence electrons. The zero-order valence-electron chi connectivity index (χ0n) is 11.6. The van der Waals surface area contributed by atoms with Crippen molar-refractivity contribution in [3.05, 3.63) is 42.2 Å². The summed E-state index contributed by atoms with van der Waals surface area (Å²) in [6, 6.07) is 8.39. The summed E-state index contributed by atoms with van der Waals surface area (Å²) in [7, 11) is 0. The van der Waals surface area contributed by atoms with Gasteiger partial charge in [0.2, 0.25) is 5.91 Å². The number of anilines is 1. The summed E-state index contributed by atoms with van der Waals surface area (Å²) < 4.78 is 1.58. The average Bonchev–Trinajstić information content (AvgIpc) is 2.88. The smallest absolute Gasteiger partial charge is 0.272 e. The van der Waals surface area contributed by atoms with Crippen molar-refractivity contribution in [3.63, 3.8) is 0 Å². The highest BCUT2D eigenvalue weighted by molar-refractivity contribution is 5.92. The Balaban J connectivity index is 2.07. The first kappa shape index (κ1) is 14.6. The molecule has 1 aromatic carbocycles. The molecule has 5 N–H and O–H groups in total. The summed E-state index contributed by atoms with van der Waals surface area (Å²) in [5.74, 6) is -0.812. The van der Waals surface area contributed by atoms with Crippen LogP contribution in [-0.4, -0.2) is 27.6 Å². The topological polar surface area (TPSA) is 116 Å². The van der Waals surface area contributed by atoms with Gasteiger partial charge in [0.15, 0.2) is 5.69 Å². The van der Waals surface area contributed by atoms with Gasteiger partial charge in [-0.15, -0.1) is 0 Å². The number of aromatic nitrogens is 2. The quantitative estimate of drug-likeness (QED) is 0.692. The van der Waals surface area contributed by atoms with Crippen molar-refractivity contribution in [2.75, 3.05) is 5.73 Å². The molecule has 21 heavy (non-hydrogen) atoms. The fourth-order valence-corrected chi connectivity index (χ4v) is 1.87. The van der Waals surface area contributed by atoms with E-state index in [-0.39, 0.29) is 24.1 Å². The molecule has 2 amide bonds. The van der Waals surface area contributed by atoms with Crippen molar-refractivity contribution in [1.82, 2.24) is 15.1 Å². The number of primary amides is 1. The SMILES string of the molecule is CC(CC(N)=O)NC(=O)c1ccn(-c2ccc(N)cc2)n1. The van der Waals surface area contributed by atoms with Gasteiger partial charge in [0, 0.05) is 24.3 Å². The molecule has 1 heterocycles. The maximum Gasteiger partial charge on any atom is 0.272 e. The van der Waals surface area contributed by atoms with E-state index in [1.807, 2.05) is 0 Å². The summed E-state index contributed by atoms with van der Waals surface area (Å²) in [5.41, 5.74) is 12.4. The molecule has 2 aromatic rings. The first-order valence-corrected chi connectivity index (χ1v) is 6.46. The van der Waals surface area contributed by atoms with Crippen molar-refractivity contribution in [2.45, 2.75) is 19.4 Å². The van der Waals surface area contributed by atoms with E-state index in [0.717, 1.165) is 5.69 Å². The number of hydrogen-bond acceptors (Lipinski definition) is 4. The van der Waals surface area contributed by atoms with Gasteiger partial charge in [-0.2, -0.15) is 5.10 Å². The van der Waals surface area contributed by atoms with Gasteiger partial charge in [-0.3, -0.25) is 9.59 Å². The Bertz CT molecular complexity index is 648. The van der Waals surface area contributed by atoms with Crippen LogP contribution < -0.4 is 16.8 Å². The molecule has 0 aliphatic carbocycles. The molecule has 0 spiro atoms. The number of rotatable bonds is 5. The summed E-state index contributed by atoms with van der Waals surface area (Å²) in [6.07, 6.45) is 1.77. The fourth-order valence-electron chi connectivity index (χ4n) is 1.87. The molecule has 0 fully saturated rings. The number of carbonyl (C=O) groups excluding carboxylic acids is 2. The van der Waals surface area contributed by atoms with E-state index >= 15 is 0 Å². The number of carbonyl (C=O) groups is 2. The molecule has 1 aromatic heterocycles. The zero-order chi connectivity index (χ0) is 15.4. The van der Waals surface area contributed by atoms with E-state index in [1.54, 1.807) is 48.1 Å². The molecule has 0 aliphatic rings. The minimum atomic E-state index is -0.463. The number of nitrogens with two attached hydrogens (primary N) is 2. The van der Waals surface area contributed by atoms with Crippen LogP contribution >= 0.6 is 0 Å². The highest BCUT2D eigenvalue weighted by atomic mass is 16.2. The predicted octanol–water partition coefficient (Wildman–Crippen LogP) is 0.448. The Morgan fingerprint density at radius 1 is 1.29 bits per heavy atom. The van der Waals surface area contributed by atoms with E-state index in [9.17, 15) is 9.59 Å². The fraction of sp³-hybridized carbons (Fsp3) is 0.214. The summed E-state index contributed by atoms with van der Waals surface area (Å²) in [5, 5.41) is 6.86. The zero-order valence-corrected chi connectivity index (χ0v) is 11.6. The highest BCUT2D eigenvalue weighted by Crippen LogP contribution is 2.10. The third-order valence-electron chi connectivity index (χ3n) is 2.86. The Morgan fingerprint density at radius 2 is 1.95 bits per heavy atom. The molecule has 0 saturated heterocycles. The molecule has 0 aliphatic heterocycles. The number of amides is 2. The van der Waals surface area contributed by atoms with Crippen LogP contribution in [0.1, 0.15) is 23.8 Å². The molecule has 0 bridgehead atoms. The van der Waals surface area contributed by atoms with E-state index in [4.69, 9.17) is 11.5 Å². The van der Waals surface area contributed by atoms with Gasteiger partial charge < -0.3 is 16.8 Å². The summed E-state index contributed by atoms with van der Waals surface area (Å²) in [6.45, 7) is 1.71. The molecular weight excluding hydrogens is 270 g/mol. The number of nitrogens with zero attached hydrogens (tertiary/aromatic N) is 2. The van der Waals surface area contributed by atoms with Crippen molar-refractivity contribution in [1.29, 1.82) is 0 Å². The van der Waals surface area contributed by atoms with E-state index in [0.29, 0.717) is 5.69 Å². The van der Waals surface area contributed by atoms with E-state index in [1.165, 1.54) is 0 Å². The van der Waals surface area contributed by atoms with Crippen molar-refractivity contribution in [2.24, 2.45) is 5.73 Å². The van der Waals surface area contributed by atoms with Gasteiger partial charge in [0.05, 0.1) is 5.69 Å². The highest BCUT2D eigenvalue weighted by Gasteiger charge is 2.14. The van der Waals surface area contributed by atoms with Crippen LogP contribution in [0.3, 0.4) is 0 Å². The van der Waals surface area contributed by atoms with Gasteiger partial charge in [0.25, 0.3) is 5.91 Å². The lowest BCUT2D eigenvalue weighted by atomic mass is 10.2. The Labute approximate surface area is 121 Å². The summed E-state index contributed by atoms with van der Waals surface area (Å²) >= 11 is 0.